The van der Waals surface area contributed by atoms with E-state index in [1.807, 2.05) is 0 Å². The van der Waals surface area contributed by atoms with Crippen molar-refractivity contribution in [3.05, 3.63) is 75.7 Å². The van der Waals surface area contributed by atoms with Crippen LogP contribution in [0.5, 0.6) is 0 Å². The van der Waals surface area contributed by atoms with E-state index in [2.05, 4.69) is 27.6 Å². The van der Waals surface area contributed by atoms with Gasteiger partial charge in [0.05, 0.1) is 10.6 Å². The molecule has 2 amide bonds. The van der Waals surface area contributed by atoms with E-state index in [0.29, 0.717) is 23.8 Å². The fourth-order valence-electron chi connectivity index (χ4n) is 4.49. The number of benzene rings is 2. The molecule has 2 N–H and O–H groups in total. The zero-order valence-corrected chi connectivity index (χ0v) is 20.8. The molecule has 1 unspecified atom stereocenters. The van der Waals surface area contributed by atoms with Gasteiger partial charge in [0.15, 0.2) is 5.78 Å². The summed E-state index contributed by atoms with van der Waals surface area (Å²) in [6.07, 6.45) is 5.10. The molecule has 4 rings (SSSR count). The number of carbonyl (C=O) groups is 3. The number of ketones is 1. The number of likely N-dealkylation sites (tertiary alicyclic amines) is 1. The molecule has 36 heavy (non-hydrogen) atoms. The Morgan fingerprint density at radius 2 is 1.92 bits per heavy atom. The highest BCUT2D eigenvalue weighted by Crippen LogP contribution is 2.22. The number of carbonyl (C=O) groups excluding carboxylic acids is 3. The zero-order chi connectivity index (χ0) is 25.7. The molecular weight excluding hydrogens is 483 g/mol. The van der Waals surface area contributed by atoms with Crippen molar-refractivity contribution in [2.24, 2.45) is 4.99 Å². The van der Waals surface area contributed by atoms with Crippen molar-refractivity contribution in [1.29, 1.82) is 0 Å². The number of halogens is 2. The number of hydrogen-bond acceptors (Lipinski definition) is 5. The van der Waals surface area contributed by atoms with E-state index < -0.39 is 11.7 Å². The second-order valence-electron chi connectivity index (χ2n) is 9.04. The molecule has 1 fully saturated rings. The van der Waals surface area contributed by atoms with Gasteiger partial charge in [-0.15, -0.1) is 0 Å². The van der Waals surface area contributed by atoms with Gasteiger partial charge in [0.25, 0.3) is 11.8 Å². The lowest BCUT2D eigenvalue weighted by Crippen LogP contribution is -2.32. The van der Waals surface area contributed by atoms with E-state index in [4.69, 9.17) is 11.6 Å². The first-order valence-electron chi connectivity index (χ1n) is 11.9. The first-order chi connectivity index (χ1) is 17.3. The van der Waals surface area contributed by atoms with Gasteiger partial charge in [-0.1, -0.05) is 23.7 Å². The van der Waals surface area contributed by atoms with Crippen LogP contribution < -0.4 is 10.6 Å². The summed E-state index contributed by atoms with van der Waals surface area (Å²) in [5, 5.41) is 5.75. The Kier molecular flexibility index (Phi) is 8.28. The van der Waals surface area contributed by atoms with Crippen LogP contribution in [0.15, 0.2) is 58.7 Å². The third kappa shape index (κ3) is 6.25. The number of anilines is 1. The molecule has 2 aliphatic rings. The van der Waals surface area contributed by atoms with Gasteiger partial charge < -0.3 is 15.5 Å². The summed E-state index contributed by atoms with van der Waals surface area (Å²) in [7, 11) is 2.09. The number of rotatable bonds is 9. The van der Waals surface area contributed by atoms with Crippen LogP contribution in [-0.2, 0) is 16.0 Å². The lowest BCUT2D eigenvalue weighted by atomic mass is 10.0. The maximum atomic E-state index is 13.2. The van der Waals surface area contributed by atoms with E-state index in [1.54, 1.807) is 30.5 Å². The molecule has 2 heterocycles. The molecule has 0 spiro atoms. The second kappa shape index (κ2) is 11.6. The van der Waals surface area contributed by atoms with Gasteiger partial charge in [0.1, 0.15) is 11.5 Å². The monoisotopic (exact) mass is 510 g/mol. The SMILES string of the molecule is CN1CCCC1CCNC(=O)C1=C(C(=O)Nc2ccc(CC(=O)c3ccc(F)cc3Cl)cc2)CC=N1. The van der Waals surface area contributed by atoms with E-state index in [9.17, 15) is 18.8 Å². The molecule has 0 aromatic heterocycles. The molecular formula is C27H28ClFN4O3. The van der Waals surface area contributed by atoms with Gasteiger partial charge >= 0.3 is 0 Å². The summed E-state index contributed by atoms with van der Waals surface area (Å²) < 4.78 is 13.2. The highest BCUT2D eigenvalue weighted by atomic mass is 35.5. The molecule has 2 aromatic rings. The van der Waals surface area contributed by atoms with Gasteiger partial charge in [-0.25, -0.2) is 4.39 Å². The zero-order valence-electron chi connectivity index (χ0n) is 20.0. The molecule has 188 valence electrons. The molecule has 7 nitrogen and oxygen atoms in total. The molecule has 2 aromatic carbocycles. The smallest absolute Gasteiger partial charge is 0.270 e. The number of Topliss-reactive ketones (excluding diaryl/α,β-unsaturated/α-hetero) is 1. The Labute approximate surface area is 214 Å². The summed E-state index contributed by atoms with van der Waals surface area (Å²) in [5.74, 6) is -1.48. The van der Waals surface area contributed by atoms with Gasteiger partial charge in [-0.3, -0.25) is 19.4 Å². The molecule has 0 saturated carbocycles. The van der Waals surface area contributed by atoms with E-state index >= 15 is 0 Å². The van der Waals surface area contributed by atoms with Crippen LogP contribution in [0.4, 0.5) is 10.1 Å². The van der Waals surface area contributed by atoms with E-state index in [0.717, 1.165) is 31.0 Å². The number of nitrogens with one attached hydrogen (secondary N) is 2. The van der Waals surface area contributed by atoms with Gasteiger partial charge in [0.2, 0.25) is 0 Å². The third-order valence-corrected chi connectivity index (χ3v) is 6.85. The maximum Gasteiger partial charge on any atom is 0.270 e. The van der Waals surface area contributed by atoms with E-state index in [1.165, 1.54) is 18.6 Å². The Bertz CT molecular complexity index is 1230. The lowest BCUT2D eigenvalue weighted by Gasteiger charge is -2.19. The topological polar surface area (TPSA) is 90.9 Å². The third-order valence-electron chi connectivity index (χ3n) is 6.53. The predicted molar refractivity (Wildman–Crippen MR) is 138 cm³/mol. The summed E-state index contributed by atoms with van der Waals surface area (Å²) in [6.45, 7) is 1.61. The quantitative estimate of drug-likeness (QED) is 0.495. The molecule has 0 bridgehead atoms. The Morgan fingerprint density at radius 3 is 2.61 bits per heavy atom. The van der Waals surface area contributed by atoms with Crippen molar-refractivity contribution >= 4 is 41.1 Å². The minimum atomic E-state index is -0.503. The van der Waals surface area contributed by atoms with Gasteiger partial charge in [0, 0.05) is 42.9 Å². The van der Waals surface area contributed by atoms with Crippen molar-refractivity contribution in [1.82, 2.24) is 10.2 Å². The van der Waals surface area contributed by atoms with Crippen molar-refractivity contribution in [3.8, 4) is 0 Å². The fraction of sp³-hybridized carbons (Fsp3) is 0.333. The van der Waals surface area contributed by atoms with Crippen molar-refractivity contribution in [2.75, 3.05) is 25.5 Å². The minimum absolute atomic E-state index is 0.0710. The largest absolute Gasteiger partial charge is 0.351 e. The Balaban J connectivity index is 1.32. The summed E-state index contributed by atoms with van der Waals surface area (Å²) in [5.41, 5.74) is 1.96. The summed E-state index contributed by atoms with van der Waals surface area (Å²) >= 11 is 5.98. The summed E-state index contributed by atoms with van der Waals surface area (Å²) in [6, 6.07) is 10.9. The van der Waals surface area contributed by atoms with Crippen molar-refractivity contribution < 1.29 is 18.8 Å². The van der Waals surface area contributed by atoms with Crippen LogP contribution in [0.25, 0.3) is 0 Å². The number of amides is 2. The highest BCUT2D eigenvalue weighted by Gasteiger charge is 2.25. The molecule has 9 heteroatoms. The van der Waals surface area contributed by atoms with Crippen LogP contribution >= 0.6 is 11.6 Å². The van der Waals surface area contributed by atoms with E-state index in [-0.39, 0.29) is 40.8 Å². The molecule has 1 atom stereocenters. The number of aliphatic imine (C=N–C) groups is 1. The van der Waals surface area contributed by atoms with Crippen molar-refractivity contribution in [3.63, 3.8) is 0 Å². The van der Waals surface area contributed by atoms with Crippen LogP contribution in [0.2, 0.25) is 5.02 Å². The molecule has 1 saturated heterocycles. The lowest BCUT2D eigenvalue weighted by molar-refractivity contribution is -0.118. The van der Waals surface area contributed by atoms with Crippen molar-refractivity contribution in [2.45, 2.75) is 38.1 Å². The minimum Gasteiger partial charge on any atom is -0.351 e. The van der Waals surface area contributed by atoms with Crippen LogP contribution in [0.1, 0.15) is 41.6 Å². The van der Waals surface area contributed by atoms with Crippen LogP contribution in [0.3, 0.4) is 0 Å². The highest BCUT2D eigenvalue weighted by molar-refractivity contribution is 6.34. The fourth-order valence-corrected chi connectivity index (χ4v) is 4.76. The van der Waals surface area contributed by atoms with Gasteiger partial charge in [-0.05, 0) is 68.8 Å². The number of hydrogen-bond donors (Lipinski definition) is 2. The van der Waals surface area contributed by atoms with Crippen LogP contribution in [0, 0.1) is 5.82 Å². The summed E-state index contributed by atoms with van der Waals surface area (Å²) in [4.78, 5) is 44.4. The standard InChI is InChI=1S/C27H28ClFN4O3/c1-33-14-2-3-20(33)10-12-31-27(36)25-22(11-13-30-25)26(35)32-19-7-4-17(5-8-19)15-24(34)21-9-6-18(29)16-23(21)28/h4-9,13,16,20H,2-3,10-12,14-15H2,1H3,(H,31,36)(H,32,35). The Hall–Kier alpha value is -3.36. The normalized spacial score (nSPS) is 17.5. The first-order valence-corrected chi connectivity index (χ1v) is 12.3. The molecule has 0 radical (unpaired) electrons. The predicted octanol–water partition coefficient (Wildman–Crippen LogP) is 4.17. The van der Waals surface area contributed by atoms with Crippen LogP contribution in [-0.4, -0.2) is 54.9 Å². The van der Waals surface area contributed by atoms with Gasteiger partial charge in [-0.2, -0.15) is 0 Å². The first kappa shape index (κ1) is 25.7. The Morgan fingerprint density at radius 1 is 1.14 bits per heavy atom. The number of nitrogens with zero attached hydrogens (tertiary/aromatic N) is 2. The second-order valence-corrected chi connectivity index (χ2v) is 9.45. The molecule has 2 aliphatic heterocycles. The maximum absolute atomic E-state index is 13.2. The average Bonchev–Trinajstić information content (AvgIpc) is 3.49. The molecule has 0 aliphatic carbocycles. The average molecular weight is 511 g/mol.